The van der Waals surface area contributed by atoms with Gasteiger partial charge in [-0.2, -0.15) is 4.31 Å². The van der Waals surface area contributed by atoms with Crippen molar-refractivity contribution in [2.75, 3.05) is 18.8 Å². The summed E-state index contributed by atoms with van der Waals surface area (Å²) in [4.78, 5) is 0.161. The van der Waals surface area contributed by atoms with Crippen LogP contribution in [-0.2, 0) is 10.0 Å². The minimum atomic E-state index is -3.62. The molecule has 1 rings (SSSR count). The predicted octanol–water partition coefficient (Wildman–Crippen LogP) is 1.94. The molecule has 5 heteroatoms. The van der Waals surface area contributed by atoms with Gasteiger partial charge in [-0.05, 0) is 18.6 Å². The number of rotatable bonds is 6. The molecule has 0 aliphatic carbocycles. The van der Waals surface area contributed by atoms with Gasteiger partial charge in [-0.25, -0.2) is 8.42 Å². The normalized spacial score (nSPS) is 11.4. The third kappa shape index (κ3) is 2.80. The number of nitrogens with zero attached hydrogens (tertiary/aromatic N) is 1. The highest BCUT2D eigenvalue weighted by atomic mass is 32.2. The quantitative estimate of drug-likeness (QED) is 0.632. The summed E-state index contributed by atoms with van der Waals surface area (Å²) in [5.41, 5.74) is 6.67. The first-order valence-electron chi connectivity index (χ1n) is 5.52. The molecule has 0 spiro atoms. The molecule has 0 heterocycles. The van der Waals surface area contributed by atoms with Crippen LogP contribution in [0.15, 0.2) is 48.4 Å². The molecule has 0 unspecified atom stereocenters. The number of aryl methyl sites for hydroxylation is 1. The lowest BCUT2D eigenvalue weighted by atomic mass is 10.2. The monoisotopic (exact) mass is 266 g/mol. The molecule has 0 aliphatic rings. The van der Waals surface area contributed by atoms with E-state index in [1.54, 1.807) is 25.1 Å². The average Bonchev–Trinajstić information content (AvgIpc) is 2.28. The zero-order chi connectivity index (χ0) is 13.8. The van der Waals surface area contributed by atoms with Crippen LogP contribution in [0.3, 0.4) is 0 Å². The maximum atomic E-state index is 12.5. The van der Waals surface area contributed by atoms with Crippen molar-refractivity contribution >= 4 is 15.7 Å². The Bertz CT molecular complexity index is 520. The van der Waals surface area contributed by atoms with Crippen LogP contribution in [0.25, 0.3) is 0 Å². The molecule has 0 fully saturated rings. The van der Waals surface area contributed by atoms with Crippen LogP contribution in [0.4, 0.5) is 5.69 Å². The summed E-state index contributed by atoms with van der Waals surface area (Å²) < 4.78 is 26.3. The maximum absolute atomic E-state index is 12.5. The highest BCUT2D eigenvalue weighted by Crippen LogP contribution is 2.25. The summed E-state index contributed by atoms with van der Waals surface area (Å²) in [6.45, 7) is 9.30. The number of anilines is 1. The van der Waals surface area contributed by atoms with E-state index in [1.165, 1.54) is 16.5 Å². The largest absolute Gasteiger partial charge is 0.398 e. The van der Waals surface area contributed by atoms with E-state index in [0.717, 1.165) is 0 Å². The number of benzene rings is 1. The molecule has 0 amide bonds. The highest BCUT2D eigenvalue weighted by Gasteiger charge is 2.26. The van der Waals surface area contributed by atoms with E-state index in [1.807, 2.05) is 0 Å². The highest BCUT2D eigenvalue weighted by molar-refractivity contribution is 7.89. The van der Waals surface area contributed by atoms with Crippen molar-refractivity contribution in [1.82, 2.24) is 4.31 Å². The summed E-state index contributed by atoms with van der Waals surface area (Å²) in [5, 5.41) is 0. The van der Waals surface area contributed by atoms with E-state index in [0.29, 0.717) is 5.56 Å². The van der Waals surface area contributed by atoms with Gasteiger partial charge in [0.25, 0.3) is 0 Å². The first-order chi connectivity index (χ1) is 8.45. The average molecular weight is 266 g/mol. The van der Waals surface area contributed by atoms with Crippen molar-refractivity contribution in [3.63, 3.8) is 0 Å². The van der Waals surface area contributed by atoms with Crippen LogP contribution in [0.1, 0.15) is 5.56 Å². The lowest BCUT2D eigenvalue weighted by Crippen LogP contribution is -2.32. The molecule has 98 valence electrons. The molecular weight excluding hydrogens is 248 g/mol. The first kappa shape index (κ1) is 14.5. The second-order valence-electron chi connectivity index (χ2n) is 3.89. The summed E-state index contributed by atoms with van der Waals surface area (Å²) in [5.74, 6) is 0. The van der Waals surface area contributed by atoms with Crippen LogP contribution in [0.5, 0.6) is 0 Å². The third-order valence-electron chi connectivity index (χ3n) is 2.51. The second kappa shape index (κ2) is 5.84. The SMILES string of the molecule is C=CCN(CC=C)S(=O)(=O)c1c(C)cccc1N. The van der Waals surface area contributed by atoms with E-state index < -0.39 is 10.0 Å². The lowest BCUT2D eigenvalue weighted by Gasteiger charge is -2.21. The lowest BCUT2D eigenvalue weighted by molar-refractivity contribution is 0.474. The second-order valence-corrected chi connectivity index (χ2v) is 5.77. The Morgan fingerprint density at radius 2 is 1.83 bits per heavy atom. The Hall–Kier alpha value is -1.59. The van der Waals surface area contributed by atoms with E-state index >= 15 is 0 Å². The molecule has 4 nitrogen and oxygen atoms in total. The van der Waals surface area contributed by atoms with Crippen molar-refractivity contribution in [2.24, 2.45) is 0 Å². The summed E-state index contributed by atoms with van der Waals surface area (Å²) in [6.07, 6.45) is 3.07. The Labute approximate surface area is 108 Å². The summed E-state index contributed by atoms with van der Waals surface area (Å²) in [7, 11) is -3.62. The molecule has 1 aromatic carbocycles. The van der Waals surface area contributed by atoms with Gasteiger partial charge < -0.3 is 5.73 Å². The molecule has 0 atom stereocenters. The molecule has 1 aromatic rings. The molecule has 0 aliphatic heterocycles. The molecule has 0 aromatic heterocycles. The Balaban J connectivity index is 3.34. The zero-order valence-electron chi connectivity index (χ0n) is 10.5. The van der Waals surface area contributed by atoms with Gasteiger partial charge in [0.1, 0.15) is 4.90 Å². The molecule has 0 saturated heterocycles. The van der Waals surface area contributed by atoms with Crippen molar-refractivity contribution in [1.29, 1.82) is 0 Å². The van der Waals surface area contributed by atoms with Gasteiger partial charge in [0.15, 0.2) is 0 Å². The molecule has 0 saturated carbocycles. The van der Waals surface area contributed by atoms with Crippen molar-refractivity contribution in [2.45, 2.75) is 11.8 Å². The third-order valence-corrected chi connectivity index (χ3v) is 4.56. The summed E-state index contributed by atoms with van der Waals surface area (Å²) in [6, 6.07) is 5.04. The minimum Gasteiger partial charge on any atom is -0.398 e. The molecule has 0 radical (unpaired) electrons. The Morgan fingerprint density at radius 1 is 1.28 bits per heavy atom. The topological polar surface area (TPSA) is 63.4 Å². The fraction of sp³-hybridized carbons (Fsp3) is 0.231. The van der Waals surface area contributed by atoms with Crippen LogP contribution in [0, 0.1) is 6.92 Å². The molecular formula is C13H18N2O2S. The van der Waals surface area contributed by atoms with Crippen LogP contribution < -0.4 is 5.73 Å². The van der Waals surface area contributed by atoms with Gasteiger partial charge in [0.2, 0.25) is 10.0 Å². The van der Waals surface area contributed by atoms with Gasteiger partial charge in [0.05, 0.1) is 5.69 Å². The van der Waals surface area contributed by atoms with Gasteiger partial charge in [-0.3, -0.25) is 0 Å². The van der Waals surface area contributed by atoms with Crippen LogP contribution in [0.2, 0.25) is 0 Å². The minimum absolute atomic E-state index is 0.161. The Kier molecular flexibility index (Phi) is 4.69. The van der Waals surface area contributed by atoms with Gasteiger partial charge in [-0.1, -0.05) is 24.3 Å². The fourth-order valence-corrected chi connectivity index (χ4v) is 3.42. The van der Waals surface area contributed by atoms with Gasteiger partial charge >= 0.3 is 0 Å². The number of sulfonamides is 1. The number of hydrogen-bond acceptors (Lipinski definition) is 3. The smallest absolute Gasteiger partial charge is 0.245 e. The van der Waals surface area contributed by atoms with Crippen LogP contribution in [-0.4, -0.2) is 25.8 Å². The van der Waals surface area contributed by atoms with Gasteiger partial charge in [0, 0.05) is 13.1 Å². The van der Waals surface area contributed by atoms with Gasteiger partial charge in [-0.15, -0.1) is 13.2 Å². The number of nitrogens with two attached hydrogens (primary N) is 1. The fourth-order valence-electron chi connectivity index (χ4n) is 1.72. The molecule has 2 N–H and O–H groups in total. The predicted molar refractivity (Wildman–Crippen MR) is 74.7 cm³/mol. The van der Waals surface area contributed by atoms with E-state index in [2.05, 4.69) is 13.2 Å². The standard InChI is InChI=1S/C13H18N2O2S/c1-4-9-15(10-5-2)18(16,17)13-11(3)7-6-8-12(13)14/h4-8H,1-2,9-10,14H2,3H3. The molecule has 18 heavy (non-hydrogen) atoms. The van der Waals surface area contributed by atoms with Crippen molar-refractivity contribution in [3.8, 4) is 0 Å². The van der Waals surface area contributed by atoms with E-state index in [4.69, 9.17) is 5.73 Å². The zero-order valence-corrected chi connectivity index (χ0v) is 11.3. The van der Waals surface area contributed by atoms with E-state index in [-0.39, 0.29) is 23.7 Å². The number of nitrogen functional groups attached to an aromatic ring is 1. The molecule has 0 bridgehead atoms. The van der Waals surface area contributed by atoms with Crippen molar-refractivity contribution < 1.29 is 8.42 Å². The summed E-state index contributed by atoms with van der Waals surface area (Å²) >= 11 is 0. The Morgan fingerprint density at radius 3 is 2.28 bits per heavy atom. The maximum Gasteiger partial charge on any atom is 0.245 e. The van der Waals surface area contributed by atoms with Crippen LogP contribution >= 0.6 is 0 Å². The van der Waals surface area contributed by atoms with E-state index in [9.17, 15) is 8.42 Å². The first-order valence-corrected chi connectivity index (χ1v) is 6.96. The number of hydrogen-bond donors (Lipinski definition) is 1. The van der Waals surface area contributed by atoms with Crippen molar-refractivity contribution in [3.05, 3.63) is 49.1 Å².